The van der Waals surface area contributed by atoms with E-state index in [-0.39, 0.29) is 0 Å². The van der Waals surface area contributed by atoms with Crippen LogP contribution in [0.2, 0.25) is 0 Å². The molecule has 0 radical (unpaired) electrons. The minimum absolute atomic E-state index is 0.694. The van der Waals surface area contributed by atoms with Crippen LogP contribution in [0.3, 0.4) is 0 Å². The highest BCUT2D eigenvalue weighted by Gasteiger charge is 2.38. The first kappa shape index (κ1) is 7.70. The minimum atomic E-state index is -2.56. The lowest BCUT2D eigenvalue weighted by Crippen LogP contribution is -2.47. The molecule has 0 aliphatic carbocycles. The van der Waals surface area contributed by atoms with Crippen LogP contribution < -0.4 is 5.32 Å². The number of hydrogen-bond acceptors (Lipinski definition) is 5. The number of nitro groups is 1. The molecule has 0 aromatic heterocycles. The molecule has 11 heavy (non-hydrogen) atoms. The van der Waals surface area contributed by atoms with Crippen molar-refractivity contribution in [1.82, 2.24) is 5.32 Å². The second-order valence-corrected chi connectivity index (χ2v) is 1.98. The van der Waals surface area contributed by atoms with E-state index in [4.69, 9.17) is 10.2 Å². The molecule has 0 fully saturated rings. The second kappa shape index (κ2) is 2.33. The molecular formula is C5H6N2O4. The maximum absolute atomic E-state index is 10.1. The van der Waals surface area contributed by atoms with E-state index in [1.54, 1.807) is 0 Å². The maximum Gasteiger partial charge on any atom is 0.340 e. The smallest absolute Gasteiger partial charge is 0.340 e. The summed E-state index contributed by atoms with van der Waals surface area (Å²) in [5.41, 5.74) is -0.694. The zero-order valence-corrected chi connectivity index (χ0v) is 5.39. The Hall–Kier alpha value is -1.40. The van der Waals surface area contributed by atoms with Crippen molar-refractivity contribution in [2.45, 2.75) is 5.91 Å². The van der Waals surface area contributed by atoms with Crippen LogP contribution in [0.25, 0.3) is 0 Å². The third-order valence-corrected chi connectivity index (χ3v) is 1.19. The Morgan fingerprint density at radius 1 is 1.64 bits per heavy atom. The van der Waals surface area contributed by atoms with Gasteiger partial charge in [-0.1, -0.05) is 0 Å². The highest BCUT2D eigenvalue weighted by atomic mass is 16.6. The van der Waals surface area contributed by atoms with Crippen molar-refractivity contribution in [2.24, 2.45) is 0 Å². The normalized spacial score (nSPS) is 20.4. The highest BCUT2D eigenvalue weighted by molar-refractivity contribution is 5.17. The molecule has 0 aromatic carbocycles. The molecular weight excluding hydrogens is 152 g/mol. The predicted molar refractivity (Wildman–Crippen MR) is 34.5 cm³/mol. The number of dihydropyridines is 1. The Balaban J connectivity index is 2.97. The van der Waals surface area contributed by atoms with Gasteiger partial charge in [0.2, 0.25) is 0 Å². The molecule has 60 valence electrons. The fourth-order valence-electron chi connectivity index (χ4n) is 0.682. The third kappa shape index (κ3) is 1.36. The van der Waals surface area contributed by atoms with Crippen LogP contribution in [0.4, 0.5) is 0 Å². The molecule has 0 saturated carbocycles. The van der Waals surface area contributed by atoms with Crippen LogP contribution in [-0.2, 0) is 0 Å². The molecule has 6 heteroatoms. The molecule has 1 heterocycles. The number of hydrogen-bond donors (Lipinski definition) is 3. The first-order valence-corrected chi connectivity index (χ1v) is 2.78. The Morgan fingerprint density at radius 3 is 2.64 bits per heavy atom. The molecule has 1 aliphatic rings. The lowest BCUT2D eigenvalue weighted by atomic mass is 10.2. The van der Waals surface area contributed by atoms with Crippen LogP contribution >= 0.6 is 0 Å². The number of aliphatic hydroxyl groups is 2. The van der Waals surface area contributed by atoms with Gasteiger partial charge < -0.3 is 15.5 Å². The average Bonchev–Trinajstić information content (AvgIpc) is 1.85. The number of allylic oxidation sites excluding steroid dienone is 2. The zero-order valence-electron chi connectivity index (χ0n) is 5.39. The van der Waals surface area contributed by atoms with Gasteiger partial charge in [0.1, 0.15) is 0 Å². The lowest BCUT2D eigenvalue weighted by molar-refractivity contribution is -0.462. The van der Waals surface area contributed by atoms with E-state index in [9.17, 15) is 10.1 Å². The van der Waals surface area contributed by atoms with Gasteiger partial charge in [-0.15, -0.1) is 0 Å². The standard InChI is InChI=1S/C5H6N2O4/c8-5(9)4(7(10)11)2-1-3-6-5/h1-3,6,8-9H. The molecule has 1 rings (SSSR count). The zero-order chi connectivity index (χ0) is 8.48. The van der Waals surface area contributed by atoms with E-state index in [1.165, 1.54) is 12.3 Å². The fourth-order valence-corrected chi connectivity index (χ4v) is 0.682. The highest BCUT2D eigenvalue weighted by Crippen LogP contribution is 2.13. The van der Waals surface area contributed by atoms with E-state index < -0.39 is 16.5 Å². The van der Waals surface area contributed by atoms with Gasteiger partial charge in [0.25, 0.3) is 0 Å². The maximum atomic E-state index is 10.1. The monoisotopic (exact) mass is 158 g/mol. The average molecular weight is 158 g/mol. The van der Waals surface area contributed by atoms with Crippen molar-refractivity contribution in [3.63, 3.8) is 0 Å². The lowest BCUT2D eigenvalue weighted by Gasteiger charge is -2.19. The molecule has 1 aliphatic heterocycles. The van der Waals surface area contributed by atoms with Crippen molar-refractivity contribution in [3.8, 4) is 0 Å². The minimum Gasteiger partial charge on any atom is -0.340 e. The number of nitrogens with one attached hydrogen (secondary N) is 1. The van der Waals surface area contributed by atoms with Crippen molar-refractivity contribution >= 4 is 0 Å². The summed E-state index contributed by atoms with van der Waals surface area (Å²) < 4.78 is 0. The van der Waals surface area contributed by atoms with E-state index in [0.29, 0.717) is 0 Å². The van der Waals surface area contributed by atoms with Crippen molar-refractivity contribution in [2.75, 3.05) is 0 Å². The van der Waals surface area contributed by atoms with Crippen LogP contribution in [0, 0.1) is 10.1 Å². The summed E-state index contributed by atoms with van der Waals surface area (Å²) in [5, 5.41) is 29.9. The fraction of sp³-hybridized carbons (Fsp3) is 0.200. The van der Waals surface area contributed by atoms with Gasteiger partial charge in [-0.2, -0.15) is 0 Å². The molecule has 0 unspecified atom stereocenters. The van der Waals surface area contributed by atoms with E-state index in [1.807, 2.05) is 5.32 Å². The van der Waals surface area contributed by atoms with Gasteiger partial charge >= 0.3 is 11.6 Å². The Bertz CT molecular complexity index is 243. The summed E-state index contributed by atoms with van der Waals surface area (Å²) in [6.07, 6.45) is 3.52. The van der Waals surface area contributed by atoms with Gasteiger partial charge in [0, 0.05) is 12.3 Å². The second-order valence-electron chi connectivity index (χ2n) is 1.98. The SMILES string of the molecule is O=[N+]([O-])C1=CC=CNC1(O)O. The number of nitrogens with zero attached hydrogens (tertiary/aromatic N) is 1. The van der Waals surface area contributed by atoms with Gasteiger partial charge in [-0.3, -0.25) is 10.1 Å². The molecule has 0 saturated heterocycles. The van der Waals surface area contributed by atoms with E-state index in [2.05, 4.69) is 0 Å². The quantitative estimate of drug-likeness (QED) is 0.256. The summed E-state index contributed by atoms with van der Waals surface area (Å²) in [7, 11) is 0. The molecule has 0 amide bonds. The first-order valence-electron chi connectivity index (χ1n) is 2.78. The van der Waals surface area contributed by atoms with Crippen LogP contribution in [0.1, 0.15) is 0 Å². The first-order chi connectivity index (χ1) is 5.04. The van der Waals surface area contributed by atoms with Gasteiger partial charge in [0.05, 0.1) is 4.92 Å². The Morgan fingerprint density at radius 2 is 2.27 bits per heavy atom. The van der Waals surface area contributed by atoms with Crippen molar-refractivity contribution in [3.05, 3.63) is 34.2 Å². The van der Waals surface area contributed by atoms with Crippen LogP contribution in [0.5, 0.6) is 0 Å². The van der Waals surface area contributed by atoms with Crippen molar-refractivity contribution in [1.29, 1.82) is 0 Å². The van der Waals surface area contributed by atoms with Gasteiger partial charge in [-0.05, 0) is 6.08 Å². The van der Waals surface area contributed by atoms with Crippen molar-refractivity contribution < 1.29 is 15.1 Å². The van der Waals surface area contributed by atoms with E-state index >= 15 is 0 Å². The summed E-state index contributed by atoms with van der Waals surface area (Å²) >= 11 is 0. The molecule has 0 bridgehead atoms. The summed E-state index contributed by atoms with van der Waals surface area (Å²) in [4.78, 5) is 9.25. The Kier molecular flexibility index (Phi) is 1.63. The van der Waals surface area contributed by atoms with Gasteiger partial charge in [-0.25, -0.2) is 0 Å². The number of rotatable bonds is 1. The molecule has 0 atom stereocenters. The molecule has 3 N–H and O–H groups in total. The van der Waals surface area contributed by atoms with E-state index in [0.717, 1.165) is 6.08 Å². The van der Waals surface area contributed by atoms with Crippen LogP contribution in [0.15, 0.2) is 24.0 Å². The molecule has 0 aromatic rings. The predicted octanol–water partition coefficient (Wildman–Crippen LogP) is -1.10. The third-order valence-electron chi connectivity index (χ3n) is 1.19. The molecule has 6 nitrogen and oxygen atoms in total. The largest absolute Gasteiger partial charge is 0.340 e. The molecule has 0 spiro atoms. The Labute approximate surface area is 61.6 Å². The topological polar surface area (TPSA) is 95.6 Å². The summed E-state index contributed by atoms with van der Waals surface area (Å²) in [5.74, 6) is -2.56. The summed E-state index contributed by atoms with van der Waals surface area (Å²) in [6, 6.07) is 0. The van der Waals surface area contributed by atoms with Gasteiger partial charge in [0.15, 0.2) is 0 Å². The summed E-state index contributed by atoms with van der Waals surface area (Å²) in [6.45, 7) is 0. The van der Waals surface area contributed by atoms with Crippen LogP contribution in [-0.4, -0.2) is 21.0 Å².